The topological polar surface area (TPSA) is 48.1 Å². The summed E-state index contributed by atoms with van der Waals surface area (Å²) in [5.74, 6) is 0.560. The fourth-order valence-electron chi connectivity index (χ4n) is 1.07. The van der Waals surface area contributed by atoms with Crippen molar-refractivity contribution < 1.29 is 4.74 Å². The molecule has 0 radical (unpaired) electrons. The molecule has 0 spiro atoms. The van der Waals surface area contributed by atoms with E-state index in [9.17, 15) is 0 Å². The molecular formula is C9H14N2O. The van der Waals surface area contributed by atoms with Crippen LogP contribution in [0.5, 0.6) is 0 Å². The molecule has 0 aromatic carbocycles. The van der Waals surface area contributed by atoms with Gasteiger partial charge in [0.15, 0.2) is 0 Å². The molecule has 0 saturated heterocycles. The van der Waals surface area contributed by atoms with Crippen molar-refractivity contribution in [3.8, 4) is 0 Å². The summed E-state index contributed by atoms with van der Waals surface area (Å²) in [6.45, 7) is 5.23. The first-order chi connectivity index (χ1) is 5.72. The van der Waals surface area contributed by atoms with Crippen LogP contribution in [0.2, 0.25) is 0 Å². The third-order valence-corrected chi connectivity index (χ3v) is 1.51. The number of hydrogen-bond acceptors (Lipinski definition) is 3. The SMILES string of the molecule is CCOCc1cc(C)nc(N)c1. The lowest BCUT2D eigenvalue weighted by Crippen LogP contribution is -1.97. The van der Waals surface area contributed by atoms with Gasteiger partial charge in [-0.25, -0.2) is 4.98 Å². The molecule has 0 atom stereocenters. The third kappa shape index (κ3) is 2.51. The van der Waals surface area contributed by atoms with E-state index in [2.05, 4.69) is 4.98 Å². The summed E-state index contributed by atoms with van der Waals surface area (Å²) in [4.78, 5) is 4.06. The van der Waals surface area contributed by atoms with E-state index in [1.807, 2.05) is 26.0 Å². The molecule has 0 aliphatic heterocycles. The molecule has 0 unspecified atom stereocenters. The molecular weight excluding hydrogens is 152 g/mol. The standard InChI is InChI=1S/C9H14N2O/c1-3-12-6-8-4-7(2)11-9(10)5-8/h4-5H,3,6H2,1-2H3,(H2,10,11). The fraction of sp³-hybridized carbons (Fsp3) is 0.444. The highest BCUT2D eigenvalue weighted by Gasteiger charge is 1.96. The summed E-state index contributed by atoms with van der Waals surface area (Å²) < 4.78 is 5.25. The average molecular weight is 166 g/mol. The van der Waals surface area contributed by atoms with Gasteiger partial charge >= 0.3 is 0 Å². The van der Waals surface area contributed by atoms with E-state index in [1.165, 1.54) is 0 Å². The summed E-state index contributed by atoms with van der Waals surface area (Å²) in [5.41, 5.74) is 7.58. The van der Waals surface area contributed by atoms with E-state index in [0.717, 1.165) is 17.9 Å². The Balaban J connectivity index is 2.72. The Morgan fingerprint density at radius 1 is 1.50 bits per heavy atom. The predicted molar refractivity (Wildman–Crippen MR) is 48.7 cm³/mol. The first-order valence-corrected chi connectivity index (χ1v) is 4.03. The lowest BCUT2D eigenvalue weighted by molar-refractivity contribution is 0.134. The van der Waals surface area contributed by atoms with Crippen LogP contribution in [0.1, 0.15) is 18.2 Å². The Kier molecular flexibility index (Phi) is 3.05. The van der Waals surface area contributed by atoms with E-state index < -0.39 is 0 Å². The lowest BCUT2D eigenvalue weighted by atomic mass is 10.2. The van der Waals surface area contributed by atoms with Crippen molar-refractivity contribution >= 4 is 5.82 Å². The second kappa shape index (κ2) is 4.07. The Labute approximate surface area is 72.6 Å². The fourth-order valence-corrected chi connectivity index (χ4v) is 1.07. The van der Waals surface area contributed by atoms with Crippen molar-refractivity contribution in [2.75, 3.05) is 12.3 Å². The smallest absolute Gasteiger partial charge is 0.123 e. The van der Waals surface area contributed by atoms with Crippen LogP contribution in [0.3, 0.4) is 0 Å². The Morgan fingerprint density at radius 2 is 2.25 bits per heavy atom. The largest absolute Gasteiger partial charge is 0.384 e. The number of aromatic nitrogens is 1. The minimum absolute atomic E-state index is 0.560. The maximum Gasteiger partial charge on any atom is 0.123 e. The van der Waals surface area contributed by atoms with E-state index >= 15 is 0 Å². The second-order valence-corrected chi connectivity index (χ2v) is 2.68. The number of nitrogens with zero attached hydrogens (tertiary/aromatic N) is 1. The van der Waals surface area contributed by atoms with Crippen molar-refractivity contribution in [2.45, 2.75) is 20.5 Å². The number of nitrogen functional groups attached to an aromatic ring is 1. The number of nitrogens with two attached hydrogens (primary N) is 1. The predicted octanol–water partition coefficient (Wildman–Crippen LogP) is 1.51. The normalized spacial score (nSPS) is 10.2. The zero-order valence-corrected chi connectivity index (χ0v) is 7.50. The molecule has 0 aliphatic carbocycles. The Morgan fingerprint density at radius 3 is 2.83 bits per heavy atom. The number of anilines is 1. The zero-order chi connectivity index (χ0) is 8.97. The maximum atomic E-state index is 5.56. The van der Waals surface area contributed by atoms with Crippen molar-refractivity contribution in [3.63, 3.8) is 0 Å². The van der Waals surface area contributed by atoms with Crippen LogP contribution in [0.15, 0.2) is 12.1 Å². The molecule has 0 fully saturated rings. The summed E-state index contributed by atoms with van der Waals surface area (Å²) >= 11 is 0. The molecule has 12 heavy (non-hydrogen) atoms. The summed E-state index contributed by atoms with van der Waals surface area (Å²) in [5, 5.41) is 0. The van der Waals surface area contributed by atoms with Crippen LogP contribution in [0, 0.1) is 6.92 Å². The molecule has 1 aromatic rings. The van der Waals surface area contributed by atoms with Gasteiger partial charge in [0.05, 0.1) is 6.61 Å². The lowest BCUT2D eigenvalue weighted by Gasteiger charge is -2.03. The highest BCUT2D eigenvalue weighted by molar-refractivity contribution is 5.34. The van der Waals surface area contributed by atoms with E-state index in [0.29, 0.717) is 12.4 Å². The van der Waals surface area contributed by atoms with Crippen molar-refractivity contribution in [2.24, 2.45) is 0 Å². The molecule has 1 aromatic heterocycles. The number of rotatable bonds is 3. The van der Waals surface area contributed by atoms with Crippen molar-refractivity contribution in [1.82, 2.24) is 4.98 Å². The Bertz CT molecular complexity index is 240. The molecule has 66 valence electrons. The van der Waals surface area contributed by atoms with Gasteiger partial charge in [0.1, 0.15) is 5.82 Å². The van der Waals surface area contributed by atoms with E-state index in [-0.39, 0.29) is 0 Å². The van der Waals surface area contributed by atoms with Gasteiger partial charge in [0.25, 0.3) is 0 Å². The van der Waals surface area contributed by atoms with Gasteiger partial charge in [0, 0.05) is 12.3 Å². The van der Waals surface area contributed by atoms with Gasteiger partial charge in [0.2, 0.25) is 0 Å². The van der Waals surface area contributed by atoms with Crippen LogP contribution < -0.4 is 5.73 Å². The van der Waals surface area contributed by atoms with Gasteiger partial charge in [-0.3, -0.25) is 0 Å². The monoisotopic (exact) mass is 166 g/mol. The van der Waals surface area contributed by atoms with Crippen LogP contribution in [-0.2, 0) is 11.3 Å². The molecule has 1 rings (SSSR count). The highest BCUT2D eigenvalue weighted by atomic mass is 16.5. The summed E-state index contributed by atoms with van der Waals surface area (Å²) in [6.07, 6.45) is 0. The number of hydrogen-bond donors (Lipinski definition) is 1. The summed E-state index contributed by atoms with van der Waals surface area (Å²) in [6, 6.07) is 3.81. The molecule has 0 bridgehead atoms. The summed E-state index contributed by atoms with van der Waals surface area (Å²) in [7, 11) is 0. The van der Waals surface area contributed by atoms with Crippen LogP contribution in [0.4, 0.5) is 5.82 Å². The maximum absolute atomic E-state index is 5.56. The van der Waals surface area contributed by atoms with E-state index in [4.69, 9.17) is 10.5 Å². The number of aryl methyl sites for hydroxylation is 1. The van der Waals surface area contributed by atoms with Crippen LogP contribution in [-0.4, -0.2) is 11.6 Å². The van der Waals surface area contributed by atoms with E-state index in [1.54, 1.807) is 0 Å². The number of ether oxygens (including phenoxy) is 1. The van der Waals surface area contributed by atoms with Crippen LogP contribution >= 0.6 is 0 Å². The average Bonchev–Trinajstić information content (AvgIpc) is 1.99. The molecule has 3 nitrogen and oxygen atoms in total. The minimum Gasteiger partial charge on any atom is -0.384 e. The molecule has 1 heterocycles. The van der Waals surface area contributed by atoms with Gasteiger partial charge < -0.3 is 10.5 Å². The molecule has 2 N–H and O–H groups in total. The van der Waals surface area contributed by atoms with Crippen LogP contribution in [0.25, 0.3) is 0 Å². The Hall–Kier alpha value is -1.09. The zero-order valence-electron chi connectivity index (χ0n) is 7.50. The molecule has 3 heteroatoms. The minimum atomic E-state index is 0.560. The number of pyridine rings is 1. The van der Waals surface area contributed by atoms with Crippen molar-refractivity contribution in [1.29, 1.82) is 0 Å². The van der Waals surface area contributed by atoms with Gasteiger partial charge in [-0.1, -0.05) is 0 Å². The quantitative estimate of drug-likeness (QED) is 0.740. The molecule has 0 saturated carbocycles. The second-order valence-electron chi connectivity index (χ2n) is 2.68. The van der Waals surface area contributed by atoms with Gasteiger partial charge in [-0.05, 0) is 31.5 Å². The van der Waals surface area contributed by atoms with Gasteiger partial charge in [-0.15, -0.1) is 0 Å². The first kappa shape index (κ1) is 9.00. The highest BCUT2D eigenvalue weighted by Crippen LogP contribution is 2.07. The molecule has 0 aliphatic rings. The van der Waals surface area contributed by atoms with Gasteiger partial charge in [-0.2, -0.15) is 0 Å². The molecule has 0 amide bonds. The third-order valence-electron chi connectivity index (χ3n) is 1.51. The van der Waals surface area contributed by atoms with Crippen molar-refractivity contribution in [3.05, 3.63) is 23.4 Å². The first-order valence-electron chi connectivity index (χ1n) is 4.03.